The zero-order chi connectivity index (χ0) is 35.1. The molecule has 13 rings (SSSR count). The predicted octanol–water partition coefficient (Wildman–Crippen LogP) is 10.5. The number of benzene rings is 7. The van der Waals surface area contributed by atoms with Crippen molar-refractivity contribution in [3.05, 3.63) is 174 Å². The lowest BCUT2D eigenvalue weighted by molar-refractivity contribution is 0.207. The van der Waals surface area contributed by atoms with Crippen LogP contribution in [0.15, 0.2) is 162 Å². The van der Waals surface area contributed by atoms with E-state index in [-0.39, 0.29) is 24.4 Å². The van der Waals surface area contributed by atoms with E-state index in [1.807, 2.05) is 11.8 Å². The molecule has 5 atom stereocenters. The maximum Gasteiger partial charge on any atom is 0.140 e. The predicted molar refractivity (Wildman–Crippen MR) is 225 cm³/mol. The molecule has 1 fully saturated rings. The van der Waals surface area contributed by atoms with Gasteiger partial charge in [-0.3, -0.25) is 10.6 Å². The minimum absolute atomic E-state index is 0.0779. The van der Waals surface area contributed by atoms with E-state index >= 15 is 0 Å². The topological polar surface area (TPSA) is 53.4 Å². The standard InChI is InChI=1S/C48H33N5S/c1-2-12-28-24-29(21-20-26(28)10-1)42-47-45(31-14-5-8-19-39(31)54-47)52-48(51-42)53-38-23-22-27-11-3-4-13-30(27)41(38)35-25-34-40-32(15-9-16-33(40)46(35)53)43-44(34)50-37-18-7-6-17-36(37)49-43/h1-25,36,42,45,47-49,51-52H. The minimum Gasteiger partial charge on any atom is -0.371 e. The highest BCUT2D eigenvalue weighted by molar-refractivity contribution is 8.00. The molecule has 256 valence electrons. The Balaban J connectivity index is 1.09. The molecule has 6 heteroatoms. The number of aliphatic imine (C=N–C) groups is 1. The quantitative estimate of drug-likeness (QED) is 0.167. The fourth-order valence-corrected chi connectivity index (χ4v) is 11.5. The second-order valence-corrected chi connectivity index (χ2v) is 16.4. The number of hydrogen-bond acceptors (Lipinski definition) is 5. The summed E-state index contributed by atoms with van der Waals surface area (Å²) in [6.07, 6.45) is 8.35. The van der Waals surface area contributed by atoms with Crippen LogP contribution in [0.2, 0.25) is 0 Å². The van der Waals surface area contributed by atoms with E-state index in [2.05, 4.69) is 172 Å². The van der Waals surface area contributed by atoms with Gasteiger partial charge in [0.05, 0.1) is 40.2 Å². The summed E-state index contributed by atoms with van der Waals surface area (Å²) in [6.45, 7) is 0. The molecule has 0 radical (unpaired) electrons. The van der Waals surface area contributed by atoms with Gasteiger partial charge in [0.25, 0.3) is 0 Å². The first-order valence-electron chi connectivity index (χ1n) is 18.9. The molecular weight excluding hydrogens is 679 g/mol. The van der Waals surface area contributed by atoms with Gasteiger partial charge in [0, 0.05) is 48.9 Å². The molecule has 0 spiro atoms. The molecule has 3 aliphatic heterocycles. The molecule has 1 aromatic heterocycles. The normalized spacial score (nSPS) is 23.6. The van der Waals surface area contributed by atoms with Crippen LogP contribution in [0.3, 0.4) is 0 Å². The van der Waals surface area contributed by atoms with Crippen LogP contribution in [0.1, 0.15) is 40.6 Å². The first-order chi connectivity index (χ1) is 26.8. The van der Waals surface area contributed by atoms with Gasteiger partial charge in [-0.1, -0.05) is 121 Å². The average Bonchev–Trinajstić information content (AvgIpc) is 3.88. The van der Waals surface area contributed by atoms with Crippen molar-refractivity contribution >= 4 is 83.0 Å². The summed E-state index contributed by atoms with van der Waals surface area (Å²) in [4.78, 5) is 6.70. The van der Waals surface area contributed by atoms with Crippen LogP contribution in [0.5, 0.6) is 0 Å². The number of allylic oxidation sites excluding steroid dienone is 2. The van der Waals surface area contributed by atoms with E-state index in [9.17, 15) is 0 Å². The van der Waals surface area contributed by atoms with E-state index in [1.165, 1.54) is 81.3 Å². The number of nitrogens with zero attached hydrogens (tertiary/aromatic N) is 2. The minimum atomic E-state index is -0.187. The monoisotopic (exact) mass is 711 g/mol. The van der Waals surface area contributed by atoms with Crippen LogP contribution < -0.4 is 16.0 Å². The van der Waals surface area contributed by atoms with E-state index in [0.29, 0.717) is 5.25 Å². The third-order valence-corrected chi connectivity index (χ3v) is 13.8. The highest BCUT2D eigenvalue weighted by atomic mass is 32.2. The van der Waals surface area contributed by atoms with Crippen molar-refractivity contribution in [2.24, 2.45) is 4.99 Å². The molecule has 7 aromatic carbocycles. The molecule has 3 N–H and O–H groups in total. The van der Waals surface area contributed by atoms with Gasteiger partial charge < -0.3 is 9.88 Å². The van der Waals surface area contributed by atoms with E-state index in [0.717, 1.165) is 17.1 Å². The summed E-state index contributed by atoms with van der Waals surface area (Å²) in [5.74, 6) is 0. The van der Waals surface area contributed by atoms with Gasteiger partial charge >= 0.3 is 0 Å². The summed E-state index contributed by atoms with van der Waals surface area (Å²) >= 11 is 2.00. The van der Waals surface area contributed by atoms with Crippen LogP contribution in [-0.4, -0.2) is 21.6 Å². The van der Waals surface area contributed by atoms with E-state index in [4.69, 9.17) is 4.99 Å². The van der Waals surface area contributed by atoms with Crippen molar-refractivity contribution in [1.82, 2.24) is 20.5 Å². The van der Waals surface area contributed by atoms with Crippen LogP contribution in [0, 0.1) is 0 Å². The van der Waals surface area contributed by atoms with Crippen LogP contribution in [0.25, 0.3) is 65.5 Å². The second kappa shape index (κ2) is 10.8. The highest BCUT2D eigenvalue weighted by Gasteiger charge is 2.45. The molecule has 5 unspecified atom stereocenters. The summed E-state index contributed by atoms with van der Waals surface area (Å²) in [5.41, 5.74) is 10.8. The zero-order valence-corrected chi connectivity index (χ0v) is 29.9. The molecule has 5 nitrogen and oxygen atoms in total. The molecule has 54 heavy (non-hydrogen) atoms. The Morgan fingerprint density at radius 2 is 1.44 bits per heavy atom. The summed E-state index contributed by atoms with van der Waals surface area (Å²) < 4.78 is 2.58. The lowest BCUT2D eigenvalue weighted by Gasteiger charge is -2.42. The molecule has 0 saturated carbocycles. The number of rotatable bonds is 2. The van der Waals surface area contributed by atoms with Gasteiger partial charge in [-0.2, -0.15) is 0 Å². The van der Waals surface area contributed by atoms with Crippen LogP contribution in [0.4, 0.5) is 0 Å². The Hall–Kier alpha value is -5.92. The lowest BCUT2D eigenvalue weighted by Crippen LogP contribution is -2.53. The van der Waals surface area contributed by atoms with Crippen molar-refractivity contribution in [2.45, 2.75) is 34.6 Å². The Morgan fingerprint density at radius 3 is 2.41 bits per heavy atom. The smallest absolute Gasteiger partial charge is 0.140 e. The number of aromatic nitrogens is 1. The van der Waals surface area contributed by atoms with Crippen molar-refractivity contribution in [3.63, 3.8) is 0 Å². The number of fused-ring (bicyclic) bond motifs is 13. The molecular formula is C48H33N5S. The van der Waals surface area contributed by atoms with Crippen molar-refractivity contribution in [3.8, 4) is 0 Å². The lowest BCUT2D eigenvalue weighted by atomic mass is 9.91. The SMILES string of the molecule is C1=CC2=NC3=C(NC2C=C1)c1cccc2c1c3cc1c3c4ccccc4ccc3n(C3NC(c4ccc5ccccc5c4)C4Sc5ccccc5C4N3)c21. The molecule has 4 heterocycles. The third kappa shape index (κ3) is 3.94. The molecule has 8 aromatic rings. The number of thioether (sulfide) groups is 1. The summed E-state index contributed by atoms with van der Waals surface area (Å²) in [6, 6.07) is 47.8. The maximum atomic E-state index is 5.34. The first-order valence-corrected chi connectivity index (χ1v) is 19.8. The number of nitrogens with one attached hydrogen (secondary N) is 3. The summed E-state index contributed by atoms with van der Waals surface area (Å²) in [5, 5.41) is 22.7. The molecule has 2 aliphatic carbocycles. The molecule has 0 bridgehead atoms. The Labute approximate surface area is 315 Å². The van der Waals surface area contributed by atoms with Crippen LogP contribution in [-0.2, 0) is 0 Å². The molecule has 5 aliphatic rings. The van der Waals surface area contributed by atoms with Crippen molar-refractivity contribution in [2.75, 3.05) is 0 Å². The van der Waals surface area contributed by atoms with E-state index < -0.39 is 0 Å². The molecule has 0 amide bonds. The third-order valence-electron chi connectivity index (χ3n) is 12.4. The Morgan fingerprint density at radius 1 is 0.630 bits per heavy atom. The van der Waals surface area contributed by atoms with Gasteiger partial charge in [0.1, 0.15) is 6.29 Å². The van der Waals surface area contributed by atoms with Crippen molar-refractivity contribution in [1.29, 1.82) is 0 Å². The molecule has 1 saturated heterocycles. The largest absolute Gasteiger partial charge is 0.371 e. The van der Waals surface area contributed by atoms with Gasteiger partial charge in [0.2, 0.25) is 0 Å². The number of hydrogen-bond donors (Lipinski definition) is 3. The first kappa shape index (κ1) is 29.5. The fourth-order valence-electron chi connectivity index (χ4n) is 10.0. The maximum absolute atomic E-state index is 5.34. The van der Waals surface area contributed by atoms with E-state index in [1.54, 1.807) is 0 Å². The van der Waals surface area contributed by atoms with Crippen molar-refractivity contribution < 1.29 is 0 Å². The van der Waals surface area contributed by atoms with Crippen LogP contribution >= 0.6 is 11.8 Å². The van der Waals surface area contributed by atoms with Gasteiger partial charge in [-0.05, 0) is 63.0 Å². The Kier molecular flexibility index (Phi) is 5.92. The van der Waals surface area contributed by atoms with Gasteiger partial charge in [-0.25, -0.2) is 4.99 Å². The fraction of sp³-hybridized carbons (Fsp3) is 0.104. The second-order valence-electron chi connectivity index (χ2n) is 15.1. The average molecular weight is 712 g/mol. The van der Waals surface area contributed by atoms with Gasteiger partial charge in [-0.15, -0.1) is 11.8 Å². The zero-order valence-electron chi connectivity index (χ0n) is 29.1. The summed E-state index contributed by atoms with van der Waals surface area (Å²) in [7, 11) is 0. The van der Waals surface area contributed by atoms with Gasteiger partial charge in [0.15, 0.2) is 0 Å². The Bertz CT molecular complexity index is 3110. The highest BCUT2D eigenvalue weighted by Crippen LogP contribution is 2.54.